The SMILES string of the molecule is CC/C=C\C/C=C\C/C=C\C/C=C\C/C=C\C/C=C\C/C=C\C/C=C\C/C=C\C/C=C\C/C=C\C/C=C\CCCCCCC(=O)NC(CO)C(O)CCCCCCCCCCCCCCCCCCCCCCCC. The maximum absolute atomic E-state index is 12.5. The van der Waals surface area contributed by atoms with E-state index in [1.165, 1.54) is 128 Å². The minimum Gasteiger partial charge on any atom is -0.394 e. The van der Waals surface area contributed by atoms with Gasteiger partial charge in [-0.1, -0.05) is 314 Å². The number of aliphatic hydroxyl groups is 2. The normalized spacial score (nSPS) is 13.8. The van der Waals surface area contributed by atoms with Crippen LogP contribution in [0.15, 0.2) is 146 Å². The van der Waals surface area contributed by atoms with E-state index in [1.807, 2.05) is 0 Å². The molecular weight excluding hydrogens is 915 g/mol. The third-order valence-electron chi connectivity index (χ3n) is 13.6. The maximum atomic E-state index is 12.5. The van der Waals surface area contributed by atoms with Gasteiger partial charge in [0.2, 0.25) is 5.91 Å². The molecule has 1 amide bonds. The van der Waals surface area contributed by atoms with E-state index in [9.17, 15) is 15.0 Å². The largest absolute Gasteiger partial charge is 0.394 e. The lowest BCUT2D eigenvalue weighted by Crippen LogP contribution is -2.45. The third-order valence-corrected chi connectivity index (χ3v) is 13.6. The van der Waals surface area contributed by atoms with E-state index in [2.05, 4.69) is 165 Å². The van der Waals surface area contributed by atoms with E-state index in [0.717, 1.165) is 122 Å². The van der Waals surface area contributed by atoms with Crippen LogP contribution in [0.2, 0.25) is 0 Å². The number of rotatable bonds is 56. The third kappa shape index (κ3) is 61.0. The molecule has 426 valence electrons. The van der Waals surface area contributed by atoms with Crippen molar-refractivity contribution in [3.05, 3.63) is 146 Å². The lowest BCUT2D eigenvalue weighted by atomic mass is 10.0. The zero-order chi connectivity index (χ0) is 54.1. The van der Waals surface area contributed by atoms with Crippen LogP contribution in [0.5, 0.6) is 0 Å². The second-order valence-corrected chi connectivity index (χ2v) is 20.7. The lowest BCUT2D eigenvalue weighted by Gasteiger charge is -2.22. The molecular formula is C71H119NO3. The minimum absolute atomic E-state index is 0.0589. The Morgan fingerprint density at radius 1 is 0.333 bits per heavy atom. The predicted octanol–water partition coefficient (Wildman–Crippen LogP) is 21.5. The maximum Gasteiger partial charge on any atom is 0.220 e. The Morgan fingerprint density at radius 3 is 0.880 bits per heavy atom. The van der Waals surface area contributed by atoms with Crippen LogP contribution in [0.3, 0.4) is 0 Å². The average Bonchev–Trinajstić information content (AvgIpc) is 3.41. The highest BCUT2D eigenvalue weighted by Gasteiger charge is 2.20. The highest BCUT2D eigenvalue weighted by atomic mass is 16.3. The summed E-state index contributed by atoms with van der Waals surface area (Å²) in [6.07, 6.45) is 101. The smallest absolute Gasteiger partial charge is 0.220 e. The molecule has 0 aromatic heterocycles. The molecule has 0 heterocycles. The summed E-state index contributed by atoms with van der Waals surface area (Å²) in [6.45, 7) is 4.24. The molecule has 0 aromatic rings. The van der Waals surface area contributed by atoms with E-state index in [4.69, 9.17) is 0 Å². The molecule has 2 unspecified atom stereocenters. The first-order valence-electron chi connectivity index (χ1n) is 31.5. The molecule has 0 radical (unpaired) electrons. The van der Waals surface area contributed by atoms with Crippen LogP contribution >= 0.6 is 0 Å². The molecule has 0 saturated heterocycles. The van der Waals surface area contributed by atoms with Crippen molar-refractivity contribution in [1.82, 2.24) is 5.32 Å². The molecule has 0 fully saturated rings. The average molecular weight is 1030 g/mol. The second-order valence-electron chi connectivity index (χ2n) is 20.7. The summed E-state index contributed by atoms with van der Waals surface area (Å²) >= 11 is 0. The summed E-state index contributed by atoms with van der Waals surface area (Å²) in [5.74, 6) is -0.0589. The molecule has 0 aliphatic heterocycles. The van der Waals surface area contributed by atoms with Crippen LogP contribution in [-0.2, 0) is 4.79 Å². The van der Waals surface area contributed by atoms with Gasteiger partial charge in [0.25, 0.3) is 0 Å². The monoisotopic (exact) mass is 1030 g/mol. The molecule has 4 heteroatoms. The number of allylic oxidation sites excluding steroid dienone is 24. The van der Waals surface area contributed by atoms with Crippen molar-refractivity contribution in [3.8, 4) is 0 Å². The Labute approximate surface area is 465 Å². The van der Waals surface area contributed by atoms with Gasteiger partial charge in [0.05, 0.1) is 18.8 Å². The van der Waals surface area contributed by atoms with Gasteiger partial charge in [-0.3, -0.25) is 4.79 Å². The Bertz CT molecular complexity index is 1550. The van der Waals surface area contributed by atoms with Gasteiger partial charge in [-0.25, -0.2) is 0 Å². The van der Waals surface area contributed by atoms with Gasteiger partial charge in [0.1, 0.15) is 0 Å². The van der Waals surface area contributed by atoms with Crippen molar-refractivity contribution < 1.29 is 15.0 Å². The van der Waals surface area contributed by atoms with E-state index in [-0.39, 0.29) is 12.5 Å². The highest BCUT2D eigenvalue weighted by molar-refractivity contribution is 5.76. The van der Waals surface area contributed by atoms with E-state index >= 15 is 0 Å². The Morgan fingerprint density at radius 2 is 0.587 bits per heavy atom. The molecule has 75 heavy (non-hydrogen) atoms. The fourth-order valence-corrected chi connectivity index (χ4v) is 8.87. The fourth-order valence-electron chi connectivity index (χ4n) is 8.87. The molecule has 0 aromatic carbocycles. The van der Waals surface area contributed by atoms with E-state index in [1.54, 1.807) is 0 Å². The summed E-state index contributed by atoms with van der Waals surface area (Å²) in [6, 6.07) is -0.562. The second kappa shape index (κ2) is 64.6. The van der Waals surface area contributed by atoms with Crippen molar-refractivity contribution in [2.75, 3.05) is 6.61 Å². The Hall–Kier alpha value is -3.73. The molecule has 0 spiro atoms. The van der Waals surface area contributed by atoms with Crippen LogP contribution < -0.4 is 5.32 Å². The first-order valence-corrected chi connectivity index (χ1v) is 31.5. The number of amides is 1. The first-order chi connectivity index (χ1) is 37.2. The fraction of sp³-hybridized carbons (Fsp3) is 0.648. The number of carbonyl (C=O) groups is 1. The van der Waals surface area contributed by atoms with Gasteiger partial charge in [-0.15, -0.1) is 0 Å². The summed E-state index contributed by atoms with van der Waals surface area (Å²) in [5.41, 5.74) is 0. The summed E-state index contributed by atoms with van der Waals surface area (Å²) < 4.78 is 0. The quantitative estimate of drug-likeness (QED) is 0.0420. The van der Waals surface area contributed by atoms with Gasteiger partial charge in [-0.2, -0.15) is 0 Å². The number of hydrogen-bond acceptors (Lipinski definition) is 3. The van der Waals surface area contributed by atoms with Crippen LogP contribution in [-0.4, -0.2) is 34.9 Å². The summed E-state index contributed by atoms with van der Waals surface area (Å²) in [5, 5.41) is 23.4. The zero-order valence-corrected chi connectivity index (χ0v) is 49.0. The van der Waals surface area contributed by atoms with Gasteiger partial charge >= 0.3 is 0 Å². The van der Waals surface area contributed by atoms with Crippen LogP contribution in [0, 0.1) is 0 Å². The Balaban J connectivity index is 3.65. The van der Waals surface area contributed by atoms with Crippen molar-refractivity contribution in [2.24, 2.45) is 0 Å². The molecule has 0 aliphatic rings. The zero-order valence-electron chi connectivity index (χ0n) is 49.0. The van der Waals surface area contributed by atoms with Crippen molar-refractivity contribution in [2.45, 2.75) is 289 Å². The van der Waals surface area contributed by atoms with Crippen molar-refractivity contribution in [1.29, 1.82) is 0 Å². The highest BCUT2D eigenvalue weighted by Crippen LogP contribution is 2.17. The van der Waals surface area contributed by atoms with E-state index in [0.29, 0.717) is 12.8 Å². The number of carbonyl (C=O) groups excluding carboxylic acids is 1. The number of aliphatic hydroxyl groups excluding tert-OH is 2. The standard InChI is InChI=1S/C71H119NO3/c1-3-5-7-9-11-13-15-17-19-21-23-25-27-28-29-30-31-32-33-34-35-36-37-38-39-40-41-42-43-44-45-47-49-51-53-55-57-59-61-63-65-67-71(75)72-69(68-73)70(74)66-64-62-60-58-56-54-52-50-48-46-26-24-22-20-18-16-14-12-10-8-6-4-2/h5,7,11,13,17,19,23,25,28-29,31-32,34-35,37-38,40-41,43-44,47,49,53,55,69-70,73-74H,3-4,6,8-10,12,14-16,18,20-22,24,26-27,30,33,36,39,42,45-46,48,50-52,54,56-68H2,1-2H3,(H,72,75)/b7-5-,13-11-,19-17-,25-23-,29-28-,32-31-,35-34-,38-37-,41-40-,44-43-,49-47-,55-53-. The van der Waals surface area contributed by atoms with Gasteiger partial charge in [0.15, 0.2) is 0 Å². The molecule has 0 aliphatic carbocycles. The van der Waals surface area contributed by atoms with Crippen LogP contribution in [0.25, 0.3) is 0 Å². The molecule has 0 bridgehead atoms. The number of nitrogens with one attached hydrogen (secondary N) is 1. The van der Waals surface area contributed by atoms with Crippen LogP contribution in [0.4, 0.5) is 0 Å². The predicted molar refractivity (Wildman–Crippen MR) is 335 cm³/mol. The summed E-state index contributed by atoms with van der Waals surface area (Å²) in [4.78, 5) is 12.5. The molecule has 3 N–H and O–H groups in total. The summed E-state index contributed by atoms with van der Waals surface area (Å²) in [7, 11) is 0. The first kappa shape index (κ1) is 71.3. The van der Waals surface area contributed by atoms with E-state index < -0.39 is 12.1 Å². The van der Waals surface area contributed by atoms with Crippen LogP contribution in [0.1, 0.15) is 277 Å². The van der Waals surface area contributed by atoms with Crippen molar-refractivity contribution in [3.63, 3.8) is 0 Å². The topological polar surface area (TPSA) is 69.6 Å². The Kier molecular flexibility index (Phi) is 61.3. The molecule has 0 rings (SSSR count). The van der Waals surface area contributed by atoms with Gasteiger partial charge in [0, 0.05) is 6.42 Å². The molecule has 2 atom stereocenters. The number of hydrogen-bond donors (Lipinski definition) is 3. The number of unbranched alkanes of at least 4 members (excludes halogenated alkanes) is 25. The lowest BCUT2D eigenvalue weighted by molar-refractivity contribution is -0.123. The molecule has 0 saturated carbocycles. The van der Waals surface area contributed by atoms with Gasteiger partial charge in [-0.05, 0) is 103 Å². The molecule has 4 nitrogen and oxygen atoms in total. The van der Waals surface area contributed by atoms with Gasteiger partial charge < -0.3 is 15.5 Å². The minimum atomic E-state index is -0.682. The van der Waals surface area contributed by atoms with Crippen molar-refractivity contribution >= 4 is 5.91 Å².